The summed E-state index contributed by atoms with van der Waals surface area (Å²) in [5.41, 5.74) is 27.6. The summed E-state index contributed by atoms with van der Waals surface area (Å²) in [5.74, 6) is 0. The lowest BCUT2D eigenvalue weighted by atomic mass is 9.91. The quantitative estimate of drug-likeness (QED) is 0.108. The highest BCUT2D eigenvalue weighted by molar-refractivity contribution is 7.27. The fraction of sp³-hybridized carbons (Fsp3) is 0. The number of anilines is 6. The number of hydrogen-bond donors (Lipinski definition) is 0. The maximum absolute atomic E-state index is 6.59. The Bertz CT molecular complexity index is 6600. The second kappa shape index (κ2) is 28.6. The summed E-state index contributed by atoms with van der Waals surface area (Å²) in [6, 6.07) is 153. The van der Waals surface area contributed by atoms with Gasteiger partial charge in [0.05, 0.1) is 10.4 Å². The molecule has 2 aromatic heterocycles. The first-order chi connectivity index (χ1) is 53.5. The minimum atomic E-state index is 0.860. The van der Waals surface area contributed by atoms with E-state index < -0.39 is 0 Å². The Kier molecular flexibility index (Phi) is 17.2. The van der Waals surface area contributed by atoms with Crippen LogP contribution < -0.4 is 9.80 Å². The second-order valence-electron chi connectivity index (χ2n) is 27.5. The molecule has 2 heterocycles. The molecule has 20 aromatic rings. The number of fused-ring (bicyclic) bond motifs is 8. The van der Waals surface area contributed by atoms with Crippen molar-refractivity contribution in [2.24, 2.45) is 0 Å². The molecule has 18 aromatic carbocycles. The molecule has 0 fully saturated rings. The average molecular weight is 1400 g/mol. The predicted molar refractivity (Wildman–Crippen MR) is 461 cm³/mol. The van der Waals surface area contributed by atoms with Gasteiger partial charge in [-0.05, 0) is 214 Å². The topological polar surface area (TPSA) is 19.6 Å². The zero-order valence-corrected chi connectivity index (χ0v) is 59.9. The lowest BCUT2D eigenvalue weighted by Gasteiger charge is -2.26. The van der Waals surface area contributed by atoms with Crippen LogP contribution in [0.5, 0.6) is 0 Å². The molecule has 0 aliphatic carbocycles. The largest absolute Gasteiger partial charge is 0.456 e. The van der Waals surface area contributed by atoms with Gasteiger partial charge in [0.1, 0.15) is 11.2 Å². The molecule has 0 atom stereocenters. The highest BCUT2D eigenvalue weighted by atomic mass is 32.1. The van der Waals surface area contributed by atoms with Gasteiger partial charge in [0.2, 0.25) is 0 Å². The van der Waals surface area contributed by atoms with Gasteiger partial charge < -0.3 is 14.2 Å². The Morgan fingerprint density at radius 3 is 0.898 bits per heavy atom. The van der Waals surface area contributed by atoms with E-state index in [0.717, 1.165) is 55.9 Å². The molecule has 0 saturated carbocycles. The number of hydrogen-bond acceptors (Lipinski definition) is 4. The first-order valence-corrected chi connectivity index (χ1v) is 37.7. The molecule has 0 bridgehead atoms. The summed E-state index contributed by atoms with van der Waals surface area (Å²) in [5, 5.41) is 9.73. The summed E-state index contributed by atoms with van der Waals surface area (Å²) < 4.78 is 9.18. The van der Waals surface area contributed by atoms with Crippen LogP contribution >= 0.6 is 11.3 Å². The molecule has 0 amide bonds. The molecule has 4 heteroatoms. The molecule has 508 valence electrons. The fourth-order valence-electron chi connectivity index (χ4n) is 15.5. The zero-order valence-electron chi connectivity index (χ0n) is 59.1. The third kappa shape index (κ3) is 12.6. The lowest BCUT2D eigenvalue weighted by molar-refractivity contribution is 0.669. The first-order valence-electron chi connectivity index (χ1n) is 36.8. The molecule has 0 saturated heterocycles. The molecule has 0 unspecified atom stereocenters. The van der Waals surface area contributed by atoms with Gasteiger partial charge in [0, 0.05) is 60.7 Å². The monoisotopic (exact) mass is 1390 g/mol. The number of thiophene rings is 1. The van der Waals surface area contributed by atoms with Crippen LogP contribution in [0.25, 0.3) is 153 Å². The second-order valence-corrected chi connectivity index (χ2v) is 28.5. The summed E-state index contributed by atoms with van der Waals surface area (Å²) in [4.78, 5) is 4.75. The van der Waals surface area contributed by atoms with Crippen LogP contribution in [0.2, 0.25) is 0 Å². The third-order valence-corrected chi connectivity index (χ3v) is 22.2. The Hall–Kier alpha value is -13.9. The number of benzene rings is 18. The molecule has 3 nitrogen and oxygen atoms in total. The Morgan fingerprint density at radius 1 is 0.176 bits per heavy atom. The van der Waals surface area contributed by atoms with E-state index >= 15 is 0 Å². The smallest absolute Gasteiger partial charge is 0.137 e. The highest BCUT2D eigenvalue weighted by Crippen LogP contribution is 2.49. The number of nitrogens with zero attached hydrogens (tertiary/aromatic N) is 2. The van der Waals surface area contributed by atoms with E-state index in [2.05, 4.69) is 428 Å². The number of furan rings is 1. The van der Waals surface area contributed by atoms with Crippen LogP contribution in [-0.2, 0) is 0 Å². The lowest BCUT2D eigenvalue weighted by Crippen LogP contribution is -2.10. The minimum absolute atomic E-state index is 0.860. The van der Waals surface area contributed by atoms with Crippen LogP contribution in [0, 0.1) is 0 Å². The summed E-state index contributed by atoms with van der Waals surface area (Å²) in [6.07, 6.45) is 0. The van der Waals surface area contributed by atoms with E-state index in [0.29, 0.717) is 0 Å². The van der Waals surface area contributed by atoms with Gasteiger partial charge in [0.25, 0.3) is 0 Å². The minimum Gasteiger partial charge on any atom is -0.456 e. The van der Waals surface area contributed by atoms with Crippen molar-refractivity contribution < 1.29 is 4.42 Å². The Balaban J connectivity index is 0.000000147. The van der Waals surface area contributed by atoms with E-state index in [1.54, 1.807) is 0 Å². The van der Waals surface area contributed by atoms with Crippen LogP contribution in [0.3, 0.4) is 0 Å². The standard InChI is InChI=1S/C52H35NO.C52H35NS/c1-4-12-36(13-5-1)38-20-25-44(26-21-38)53(46-29-31-48-47-30-24-43(37-14-6-2-7-15-37)34-51(47)54-52(48)35-46)45-27-22-40(23-28-45)50-33-42-19-11-10-18-41(42)32-49(50)39-16-8-3-9-17-39;1-4-14-36(15-5-1)37-26-30-43(31-27-37)53(50-25-13-24-47-46-23-12-22-45(51(46)54-52(47)50)38-16-6-2-7-17-38)44-32-28-40(29-33-44)49-35-42-21-11-10-20-41(42)34-48(49)39-18-8-3-9-19-39/h2*1-35H. The van der Waals surface area contributed by atoms with Crippen molar-refractivity contribution in [3.05, 3.63) is 425 Å². The normalized spacial score (nSPS) is 11.3. The Labute approximate surface area is 632 Å². The zero-order chi connectivity index (χ0) is 71.7. The van der Waals surface area contributed by atoms with Gasteiger partial charge in [-0.15, -0.1) is 11.3 Å². The summed E-state index contributed by atoms with van der Waals surface area (Å²) >= 11 is 1.89. The van der Waals surface area contributed by atoms with Crippen molar-refractivity contribution >= 4 is 109 Å². The first kappa shape index (κ1) is 64.9. The van der Waals surface area contributed by atoms with Gasteiger partial charge in [0.15, 0.2) is 0 Å². The van der Waals surface area contributed by atoms with Crippen molar-refractivity contribution in [2.45, 2.75) is 0 Å². The van der Waals surface area contributed by atoms with Crippen LogP contribution in [0.15, 0.2) is 429 Å². The number of rotatable bonds is 14. The molecule has 20 rings (SSSR count). The van der Waals surface area contributed by atoms with Crippen molar-refractivity contribution in [3.8, 4) is 89.0 Å². The van der Waals surface area contributed by atoms with Gasteiger partial charge in [-0.3, -0.25) is 0 Å². The molecule has 0 aliphatic heterocycles. The Morgan fingerprint density at radius 2 is 0.472 bits per heavy atom. The highest BCUT2D eigenvalue weighted by Gasteiger charge is 2.23. The van der Waals surface area contributed by atoms with Crippen molar-refractivity contribution in [3.63, 3.8) is 0 Å². The van der Waals surface area contributed by atoms with E-state index in [1.807, 2.05) is 17.4 Å². The van der Waals surface area contributed by atoms with E-state index in [4.69, 9.17) is 4.42 Å². The van der Waals surface area contributed by atoms with Crippen molar-refractivity contribution in [1.29, 1.82) is 0 Å². The van der Waals surface area contributed by atoms with E-state index in [1.165, 1.54) is 131 Å². The molecular weight excluding hydrogens is 1330 g/mol. The van der Waals surface area contributed by atoms with E-state index in [9.17, 15) is 0 Å². The molecular formula is C104H70N2OS. The third-order valence-electron chi connectivity index (χ3n) is 20.9. The van der Waals surface area contributed by atoms with Crippen molar-refractivity contribution in [1.82, 2.24) is 0 Å². The van der Waals surface area contributed by atoms with E-state index in [-0.39, 0.29) is 0 Å². The maximum atomic E-state index is 6.59. The van der Waals surface area contributed by atoms with Gasteiger partial charge in [-0.25, -0.2) is 0 Å². The van der Waals surface area contributed by atoms with Crippen LogP contribution in [-0.4, -0.2) is 0 Å². The molecule has 0 radical (unpaired) electrons. The fourth-order valence-corrected chi connectivity index (χ4v) is 16.9. The van der Waals surface area contributed by atoms with Gasteiger partial charge in [-0.1, -0.05) is 315 Å². The van der Waals surface area contributed by atoms with Gasteiger partial charge in [-0.2, -0.15) is 0 Å². The predicted octanol–water partition coefficient (Wildman–Crippen LogP) is 30.2. The maximum Gasteiger partial charge on any atom is 0.137 e. The SMILES string of the molecule is c1ccc(-c2ccc(N(c3ccc(-c4cc5ccccc5cc4-c4ccccc4)cc3)c3ccc4c(c3)oc3cc(-c5ccccc5)ccc34)cc2)cc1.c1ccc(-c2ccc(N(c3ccc(-c4cc5ccccc5cc4-c4ccccc4)cc3)c3cccc4c3sc3c(-c5ccccc5)cccc34)cc2)cc1. The van der Waals surface area contributed by atoms with Crippen molar-refractivity contribution in [2.75, 3.05) is 9.80 Å². The summed E-state index contributed by atoms with van der Waals surface area (Å²) in [6.45, 7) is 0. The molecule has 108 heavy (non-hydrogen) atoms. The molecule has 0 aliphatic rings. The average Bonchev–Trinajstić information content (AvgIpc) is 1.49. The summed E-state index contributed by atoms with van der Waals surface area (Å²) in [7, 11) is 0. The molecule has 0 N–H and O–H groups in total. The van der Waals surface area contributed by atoms with Crippen LogP contribution in [0.1, 0.15) is 0 Å². The van der Waals surface area contributed by atoms with Gasteiger partial charge >= 0.3 is 0 Å². The van der Waals surface area contributed by atoms with Crippen LogP contribution in [0.4, 0.5) is 34.1 Å². The molecule has 0 spiro atoms.